The highest BCUT2D eigenvalue weighted by molar-refractivity contribution is 7.99. The van der Waals surface area contributed by atoms with Gasteiger partial charge in [-0.3, -0.25) is 9.89 Å². The number of hydrogen-bond donors (Lipinski definition) is 1. The number of ether oxygens (including phenoxy) is 2. The fraction of sp³-hybridized carbons (Fsp3) is 0.190. The van der Waals surface area contributed by atoms with Crippen LogP contribution in [0.3, 0.4) is 0 Å². The number of aromatic amines is 1. The van der Waals surface area contributed by atoms with E-state index in [1.807, 2.05) is 43.3 Å². The number of halogens is 1. The Balaban J connectivity index is 1.55. The molecular formula is C21H19ClN4O3S. The van der Waals surface area contributed by atoms with E-state index in [1.165, 1.54) is 17.8 Å². The first kappa shape index (κ1) is 20.3. The van der Waals surface area contributed by atoms with E-state index in [0.29, 0.717) is 51.1 Å². The number of rotatable bonds is 7. The lowest BCUT2D eigenvalue weighted by Gasteiger charge is -2.11. The maximum absolute atomic E-state index is 11.9. The number of nitrogens with one attached hydrogen (secondary N) is 1. The van der Waals surface area contributed by atoms with E-state index >= 15 is 0 Å². The molecule has 154 valence electrons. The van der Waals surface area contributed by atoms with Crippen LogP contribution in [0, 0.1) is 6.92 Å². The molecular weight excluding hydrogens is 424 g/mol. The molecule has 1 N–H and O–H groups in total. The average Bonchev–Trinajstić information content (AvgIpc) is 3.12. The Morgan fingerprint density at radius 1 is 1.13 bits per heavy atom. The fourth-order valence-corrected chi connectivity index (χ4v) is 3.91. The van der Waals surface area contributed by atoms with E-state index in [1.54, 1.807) is 17.7 Å². The normalized spacial score (nSPS) is 11.0. The zero-order valence-corrected chi connectivity index (χ0v) is 18.0. The van der Waals surface area contributed by atoms with Gasteiger partial charge in [0.05, 0.1) is 18.7 Å². The van der Waals surface area contributed by atoms with Gasteiger partial charge in [0.1, 0.15) is 0 Å². The number of nitrogens with zero attached hydrogens (tertiary/aromatic N) is 3. The summed E-state index contributed by atoms with van der Waals surface area (Å²) in [6, 6.07) is 14.6. The molecule has 0 fully saturated rings. The van der Waals surface area contributed by atoms with E-state index in [0.717, 1.165) is 5.56 Å². The Hall–Kier alpha value is -2.97. The van der Waals surface area contributed by atoms with Crippen LogP contribution in [0.2, 0.25) is 5.02 Å². The summed E-state index contributed by atoms with van der Waals surface area (Å²) in [5.41, 5.74) is 2.04. The molecule has 30 heavy (non-hydrogen) atoms. The molecule has 7 nitrogen and oxygen atoms in total. The van der Waals surface area contributed by atoms with E-state index in [9.17, 15) is 4.79 Å². The van der Waals surface area contributed by atoms with Gasteiger partial charge < -0.3 is 9.47 Å². The van der Waals surface area contributed by atoms with Gasteiger partial charge in [-0.15, -0.1) is 0 Å². The molecule has 4 rings (SSSR count). The first-order valence-electron chi connectivity index (χ1n) is 9.20. The zero-order chi connectivity index (χ0) is 21.1. The average molecular weight is 443 g/mol. The smallest absolute Gasteiger partial charge is 0.266 e. The van der Waals surface area contributed by atoms with Crippen molar-refractivity contribution < 1.29 is 9.47 Å². The highest BCUT2D eigenvalue weighted by Gasteiger charge is 2.13. The molecule has 4 aromatic rings. The third-order valence-corrected chi connectivity index (χ3v) is 5.56. The molecule has 0 radical (unpaired) electrons. The quantitative estimate of drug-likeness (QED) is 0.341. The summed E-state index contributed by atoms with van der Waals surface area (Å²) in [5, 5.41) is 3.87. The van der Waals surface area contributed by atoms with Crippen LogP contribution in [0.5, 0.6) is 11.5 Å². The van der Waals surface area contributed by atoms with Crippen molar-refractivity contribution >= 4 is 29.0 Å². The lowest BCUT2D eigenvalue weighted by atomic mass is 10.2. The van der Waals surface area contributed by atoms with Gasteiger partial charge in [0.2, 0.25) is 0 Å². The molecule has 0 atom stereocenters. The molecule has 0 saturated heterocycles. The second-order valence-corrected chi connectivity index (χ2v) is 7.94. The van der Waals surface area contributed by atoms with E-state index in [4.69, 9.17) is 21.1 Å². The molecule has 0 unspecified atom stereocenters. The van der Waals surface area contributed by atoms with E-state index in [-0.39, 0.29) is 5.56 Å². The Labute approximate surface area is 182 Å². The molecule has 0 aliphatic carbocycles. The van der Waals surface area contributed by atoms with Crippen molar-refractivity contribution in [1.29, 1.82) is 0 Å². The summed E-state index contributed by atoms with van der Waals surface area (Å²) in [5.74, 6) is 2.44. The minimum absolute atomic E-state index is 0.247. The molecule has 2 aromatic heterocycles. The standard InChI is InChI=1S/C21H19ClN4O3S/c1-13-7-8-16(17(11-13)28-2)29-9-10-30-21-24-20(14-5-3-4-6-15(14)22)23-18-12-19(27)25-26(18)21/h3-8,11-12H,9-10H2,1-2H3,(H,25,27). The summed E-state index contributed by atoms with van der Waals surface area (Å²) in [7, 11) is 1.62. The minimum Gasteiger partial charge on any atom is -0.493 e. The van der Waals surface area contributed by atoms with Crippen LogP contribution in [0.1, 0.15) is 5.56 Å². The number of hydrogen-bond acceptors (Lipinski definition) is 6. The molecule has 2 heterocycles. The SMILES string of the molecule is COc1cc(C)ccc1OCCSc1nc(-c2ccccc2Cl)nc2cc(=O)[nH]n12. The van der Waals surface area contributed by atoms with Crippen LogP contribution in [0.4, 0.5) is 0 Å². The van der Waals surface area contributed by atoms with Crippen molar-refractivity contribution in [2.75, 3.05) is 19.5 Å². The third-order valence-electron chi connectivity index (χ3n) is 4.33. The van der Waals surface area contributed by atoms with Crippen LogP contribution < -0.4 is 15.0 Å². The summed E-state index contributed by atoms with van der Waals surface area (Å²) >= 11 is 7.75. The molecule has 0 saturated carbocycles. The minimum atomic E-state index is -0.247. The number of methoxy groups -OCH3 is 1. The van der Waals surface area contributed by atoms with Crippen molar-refractivity contribution in [2.24, 2.45) is 0 Å². The number of thioether (sulfide) groups is 1. The van der Waals surface area contributed by atoms with Gasteiger partial charge in [-0.05, 0) is 36.8 Å². The largest absolute Gasteiger partial charge is 0.493 e. The number of aromatic nitrogens is 4. The van der Waals surface area contributed by atoms with Gasteiger partial charge in [-0.1, -0.05) is 41.6 Å². The zero-order valence-electron chi connectivity index (χ0n) is 16.4. The van der Waals surface area contributed by atoms with Gasteiger partial charge >= 0.3 is 0 Å². The molecule has 0 spiro atoms. The van der Waals surface area contributed by atoms with Crippen molar-refractivity contribution in [3.63, 3.8) is 0 Å². The van der Waals surface area contributed by atoms with Crippen LogP contribution >= 0.6 is 23.4 Å². The second-order valence-electron chi connectivity index (χ2n) is 6.47. The lowest BCUT2D eigenvalue weighted by Crippen LogP contribution is -2.07. The Bertz CT molecular complexity index is 1250. The summed E-state index contributed by atoms with van der Waals surface area (Å²) in [6.07, 6.45) is 0. The highest BCUT2D eigenvalue weighted by Crippen LogP contribution is 2.29. The first-order chi connectivity index (χ1) is 14.5. The van der Waals surface area contributed by atoms with Crippen molar-refractivity contribution in [1.82, 2.24) is 19.6 Å². The van der Waals surface area contributed by atoms with E-state index < -0.39 is 0 Å². The lowest BCUT2D eigenvalue weighted by molar-refractivity contribution is 0.313. The van der Waals surface area contributed by atoms with Crippen LogP contribution in [0.15, 0.2) is 58.5 Å². The second kappa shape index (κ2) is 8.81. The molecule has 0 aliphatic heterocycles. The Kier molecular flexibility index (Phi) is 5.96. The van der Waals surface area contributed by atoms with Gasteiger partial charge in [-0.2, -0.15) is 0 Å². The topological polar surface area (TPSA) is 81.5 Å². The maximum atomic E-state index is 11.9. The van der Waals surface area contributed by atoms with Crippen LogP contribution in [0.25, 0.3) is 17.0 Å². The predicted octanol–water partition coefficient (Wildman–Crippen LogP) is 4.23. The summed E-state index contributed by atoms with van der Waals surface area (Å²) in [4.78, 5) is 20.9. The number of H-pyrrole nitrogens is 1. The first-order valence-corrected chi connectivity index (χ1v) is 10.6. The number of aryl methyl sites for hydroxylation is 1. The Morgan fingerprint density at radius 2 is 1.97 bits per heavy atom. The van der Waals surface area contributed by atoms with Gasteiger partial charge in [0, 0.05) is 17.4 Å². The van der Waals surface area contributed by atoms with Crippen LogP contribution in [-0.4, -0.2) is 39.1 Å². The van der Waals surface area contributed by atoms with Gasteiger partial charge in [0.15, 0.2) is 28.1 Å². The monoisotopic (exact) mass is 442 g/mol. The molecule has 0 amide bonds. The number of fused-ring (bicyclic) bond motifs is 1. The maximum Gasteiger partial charge on any atom is 0.266 e. The summed E-state index contributed by atoms with van der Waals surface area (Å²) in [6.45, 7) is 2.43. The van der Waals surface area contributed by atoms with Crippen molar-refractivity contribution in [3.05, 3.63) is 69.5 Å². The Morgan fingerprint density at radius 3 is 2.77 bits per heavy atom. The van der Waals surface area contributed by atoms with Crippen molar-refractivity contribution in [3.8, 4) is 22.9 Å². The molecule has 0 aliphatic rings. The third kappa shape index (κ3) is 4.29. The van der Waals surface area contributed by atoms with Gasteiger partial charge in [0.25, 0.3) is 5.56 Å². The highest BCUT2D eigenvalue weighted by atomic mass is 35.5. The van der Waals surface area contributed by atoms with E-state index in [2.05, 4.69) is 15.1 Å². The number of benzene rings is 2. The summed E-state index contributed by atoms with van der Waals surface area (Å²) < 4.78 is 12.8. The van der Waals surface area contributed by atoms with Gasteiger partial charge in [-0.25, -0.2) is 14.5 Å². The fourth-order valence-electron chi connectivity index (χ4n) is 2.92. The molecule has 2 aromatic carbocycles. The van der Waals surface area contributed by atoms with Crippen molar-refractivity contribution in [2.45, 2.75) is 12.1 Å². The predicted molar refractivity (Wildman–Crippen MR) is 118 cm³/mol. The van der Waals surface area contributed by atoms with Crippen LogP contribution in [-0.2, 0) is 0 Å². The molecule has 9 heteroatoms. The molecule has 0 bridgehead atoms.